The molecule has 1 aromatic heterocycles. The minimum atomic E-state index is -0.0590. The summed E-state index contributed by atoms with van der Waals surface area (Å²) in [5, 5.41) is 2.74. The summed E-state index contributed by atoms with van der Waals surface area (Å²) in [5.41, 5.74) is 0. The van der Waals surface area contributed by atoms with E-state index in [9.17, 15) is 9.59 Å². The first-order valence-electron chi connectivity index (χ1n) is 6.34. The number of H-pyrrole nitrogens is 1. The molecular weight excluding hydrogens is 246 g/mol. The van der Waals surface area contributed by atoms with Crippen LogP contribution in [-0.2, 0) is 4.79 Å². The van der Waals surface area contributed by atoms with E-state index < -0.39 is 0 Å². The maximum absolute atomic E-state index is 12.0. The zero-order valence-corrected chi connectivity index (χ0v) is 11.2. The fraction of sp³-hybridized carbons (Fsp3) is 0.583. The number of aromatic amines is 1. The predicted octanol–water partition coefficient (Wildman–Crippen LogP) is 0.742. The number of imidazole rings is 1. The number of nitrogens with zero attached hydrogens (tertiary/aromatic N) is 3. The van der Waals surface area contributed by atoms with Crippen molar-refractivity contribution in [2.75, 3.05) is 32.5 Å². The van der Waals surface area contributed by atoms with Crippen LogP contribution in [0.2, 0.25) is 0 Å². The molecule has 0 radical (unpaired) electrons. The number of carbonyl (C=O) groups is 2. The monoisotopic (exact) mass is 265 g/mol. The lowest BCUT2D eigenvalue weighted by molar-refractivity contribution is -0.121. The van der Waals surface area contributed by atoms with Gasteiger partial charge in [-0.15, -0.1) is 0 Å². The van der Waals surface area contributed by atoms with Gasteiger partial charge < -0.3 is 14.8 Å². The van der Waals surface area contributed by atoms with Crippen LogP contribution in [0.4, 0.5) is 10.7 Å². The number of anilines is 1. The third kappa shape index (κ3) is 3.24. The predicted molar refractivity (Wildman–Crippen MR) is 70.6 cm³/mol. The lowest BCUT2D eigenvalue weighted by atomic mass is 9.96. The maximum atomic E-state index is 12.0. The SMILES string of the molecule is CN(C)C(=O)N1CCC(C(=O)Nc2ncc[nH]2)CC1. The van der Waals surface area contributed by atoms with Crippen LogP contribution in [0, 0.1) is 5.92 Å². The van der Waals surface area contributed by atoms with Crippen molar-refractivity contribution in [1.82, 2.24) is 19.8 Å². The van der Waals surface area contributed by atoms with Crippen LogP contribution in [0.15, 0.2) is 12.4 Å². The van der Waals surface area contributed by atoms with E-state index in [2.05, 4.69) is 15.3 Å². The van der Waals surface area contributed by atoms with Gasteiger partial charge in [0.25, 0.3) is 0 Å². The van der Waals surface area contributed by atoms with E-state index in [1.54, 1.807) is 36.3 Å². The van der Waals surface area contributed by atoms with Crippen molar-refractivity contribution in [1.29, 1.82) is 0 Å². The van der Waals surface area contributed by atoms with E-state index in [4.69, 9.17) is 0 Å². The zero-order valence-electron chi connectivity index (χ0n) is 11.2. The average Bonchev–Trinajstić information content (AvgIpc) is 2.90. The second kappa shape index (κ2) is 5.73. The molecule has 1 aliphatic heterocycles. The number of urea groups is 1. The first-order chi connectivity index (χ1) is 9.08. The summed E-state index contributed by atoms with van der Waals surface area (Å²) in [4.78, 5) is 33.9. The summed E-state index contributed by atoms with van der Waals surface area (Å²) in [6.07, 6.45) is 4.63. The number of nitrogens with one attached hydrogen (secondary N) is 2. The molecule has 104 valence electrons. The highest BCUT2D eigenvalue weighted by atomic mass is 16.2. The van der Waals surface area contributed by atoms with Crippen molar-refractivity contribution in [2.24, 2.45) is 5.92 Å². The van der Waals surface area contributed by atoms with Gasteiger partial charge in [0.15, 0.2) is 0 Å². The lowest BCUT2D eigenvalue weighted by Crippen LogP contribution is -2.45. The van der Waals surface area contributed by atoms with Crippen LogP contribution in [0.3, 0.4) is 0 Å². The van der Waals surface area contributed by atoms with Crippen LogP contribution in [0.25, 0.3) is 0 Å². The molecule has 0 saturated carbocycles. The number of hydrogen-bond acceptors (Lipinski definition) is 3. The summed E-state index contributed by atoms with van der Waals surface area (Å²) < 4.78 is 0. The van der Waals surface area contributed by atoms with E-state index in [1.807, 2.05) is 0 Å². The number of amides is 3. The van der Waals surface area contributed by atoms with Crippen molar-refractivity contribution < 1.29 is 9.59 Å². The number of aromatic nitrogens is 2. The van der Waals surface area contributed by atoms with Crippen molar-refractivity contribution in [2.45, 2.75) is 12.8 Å². The van der Waals surface area contributed by atoms with Gasteiger partial charge in [-0.3, -0.25) is 10.1 Å². The Bertz CT molecular complexity index is 435. The topological polar surface area (TPSA) is 81.3 Å². The van der Waals surface area contributed by atoms with E-state index in [0.717, 1.165) is 0 Å². The normalized spacial score (nSPS) is 16.2. The molecule has 0 bridgehead atoms. The zero-order chi connectivity index (χ0) is 13.8. The molecule has 2 N–H and O–H groups in total. The van der Waals surface area contributed by atoms with Crippen molar-refractivity contribution in [3.8, 4) is 0 Å². The summed E-state index contributed by atoms with van der Waals surface area (Å²) >= 11 is 0. The molecule has 3 amide bonds. The molecule has 0 aromatic carbocycles. The van der Waals surface area contributed by atoms with Crippen molar-refractivity contribution in [3.63, 3.8) is 0 Å². The minimum absolute atomic E-state index is 0.00453. The highest BCUT2D eigenvalue weighted by Gasteiger charge is 2.28. The number of hydrogen-bond donors (Lipinski definition) is 2. The number of likely N-dealkylation sites (tertiary alicyclic amines) is 1. The average molecular weight is 265 g/mol. The van der Waals surface area contributed by atoms with Crippen molar-refractivity contribution >= 4 is 17.9 Å². The summed E-state index contributed by atoms with van der Waals surface area (Å²) in [6.45, 7) is 1.24. The first-order valence-corrected chi connectivity index (χ1v) is 6.34. The van der Waals surface area contributed by atoms with Crippen molar-refractivity contribution in [3.05, 3.63) is 12.4 Å². The molecule has 2 rings (SSSR count). The quantitative estimate of drug-likeness (QED) is 0.827. The fourth-order valence-electron chi connectivity index (χ4n) is 2.17. The molecule has 19 heavy (non-hydrogen) atoms. The van der Waals surface area contributed by atoms with Crippen LogP contribution >= 0.6 is 0 Å². The van der Waals surface area contributed by atoms with Gasteiger partial charge in [-0.05, 0) is 12.8 Å². The Morgan fingerprint density at radius 3 is 2.63 bits per heavy atom. The lowest BCUT2D eigenvalue weighted by Gasteiger charge is -2.32. The van der Waals surface area contributed by atoms with E-state index >= 15 is 0 Å². The molecule has 1 saturated heterocycles. The Labute approximate surface area is 112 Å². The summed E-state index contributed by atoms with van der Waals surface area (Å²) in [7, 11) is 3.47. The van der Waals surface area contributed by atoms with Gasteiger partial charge in [-0.2, -0.15) is 0 Å². The second-order valence-corrected chi connectivity index (χ2v) is 4.87. The van der Waals surface area contributed by atoms with Gasteiger partial charge in [-0.1, -0.05) is 0 Å². The molecule has 7 nitrogen and oxygen atoms in total. The molecule has 0 unspecified atom stereocenters. The molecule has 1 aromatic rings. The van der Waals surface area contributed by atoms with Gasteiger partial charge >= 0.3 is 6.03 Å². The van der Waals surface area contributed by atoms with Crippen LogP contribution in [-0.4, -0.2) is 58.9 Å². The van der Waals surface area contributed by atoms with E-state index in [0.29, 0.717) is 31.9 Å². The Hall–Kier alpha value is -2.05. The molecule has 7 heteroatoms. The Morgan fingerprint density at radius 2 is 2.11 bits per heavy atom. The smallest absolute Gasteiger partial charge is 0.319 e. The molecule has 1 aliphatic rings. The Kier molecular flexibility index (Phi) is 4.03. The molecule has 0 atom stereocenters. The largest absolute Gasteiger partial charge is 0.331 e. The van der Waals surface area contributed by atoms with Gasteiger partial charge in [0.05, 0.1) is 0 Å². The highest BCUT2D eigenvalue weighted by molar-refractivity contribution is 5.91. The number of carbonyl (C=O) groups excluding carboxylic acids is 2. The standard InChI is InChI=1S/C12H19N5O2/c1-16(2)12(19)17-7-3-9(4-8-17)10(18)15-11-13-5-6-14-11/h5-6,9H,3-4,7-8H2,1-2H3,(H2,13,14,15,18). The van der Waals surface area contributed by atoms with E-state index in [1.165, 1.54) is 0 Å². The van der Waals surface area contributed by atoms with Gasteiger partial charge in [0.2, 0.25) is 11.9 Å². The van der Waals surface area contributed by atoms with Gasteiger partial charge in [0, 0.05) is 45.5 Å². The van der Waals surface area contributed by atoms with Crippen LogP contribution in [0.1, 0.15) is 12.8 Å². The molecule has 0 spiro atoms. The number of rotatable bonds is 2. The van der Waals surface area contributed by atoms with Gasteiger partial charge in [0.1, 0.15) is 0 Å². The summed E-state index contributed by atoms with van der Waals surface area (Å²) in [5.74, 6) is 0.375. The highest BCUT2D eigenvalue weighted by Crippen LogP contribution is 2.19. The second-order valence-electron chi connectivity index (χ2n) is 4.87. The first kappa shape index (κ1) is 13.4. The maximum Gasteiger partial charge on any atom is 0.319 e. The van der Waals surface area contributed by atoms with Crippen LogP contribution < -0.4 is 5.32 Å². The Balaban J connectivity index is 1.83. The third-order valence-corrected chi connectivity index (χ3v) is 3.26. The Morgan fingerprint density at radius 1 is 1.42 bits per heavy atom. The number of piperidine rings is 1. The fourth-order valence-corrected chi connectivity index (χ4v) is 2.17. The molecule has 2 heterocycles. The third-order valence-electron chi connectivity index (χ3n) is 3.26. The van der Waals surface area contributed by atoms with Gasteiger partial charge in [-0.25, -0.2) is 9.78 Å². The minimum Gasteiger partial charge on any atom is -0.331 e. The molecule has 1 fully saturated rings. The summed E-state index contributed by atoms with van der Waals surface area (Å²) in [6, 6.07) is 0.00453. The molecule has 0 aliphatic carbocycles. The van der Waals surface area contributed by atoms with Crippen LogP contribution in [0.5, 0.6) is 0 Å². The van der Waals surface area contributed by atoms with E-state index in [-0.39, 0.29) is 17.9 Å². The molecular formula is C12H19N5O2.